The molecule has 0 amide bonds. The molecule has 0 aromatic heterocycles. The van der Waals surface area contributed by atoms with E-state index in [1.165, 1.54) is 0 Å². The fraction of sp³-hybridized carbons (Fsp3) is 0.750. The van der Waals surface area contributed by atoms with Gasteiger partial charge in [-0.15, -0.1) is 0 Å². The Hall–Kier alpha value is -0.900. The van der Waals surface area contributed by atoms with Crippen molar-refractivity contribution in [2.75, 3.05) is 13.7 Å². The summed E-state index contributed by atoms with van der Waals surface area (Å²) in [6.45, 7) is 5.19. The van der Waals surface area contributed by atoms with Crippen molar-refractivity contribution in [3.05, 3.63) is 11.6 Å². The van der Waals surface area contributed by atoms with E-state index in [9.17, 15) is 0 Å². The minimum absolute atomic E-state index is 0.0741. The molecule has 1 saturated heterocycles. The van der Waals surface area contributed by atoms with Crippen molar-refractivity contribution in [1.29, 1.82) is 0 Å². The molecular formula is C8H16N2O2. The largest absolute Gasteiger partial charge is 0.466 e. The molecular weight excluding hydrogens is 156 g/mol. The highest BCUT2D eigenvalue weighted by Crippen LogP contribution is 2.34. The first kappa shape index (κ1) is 9.19. The van der Waals surface area contributed by atoms with E-state index in [1.807, 2.05) is 0 Å². The molecule has 4 nitrogen and oxygen atoms in total. The molecule has 1 rings (SSSR count). The van der Waals surface area contributed by atoms with Crippen molar-refractivity contribution in [3.63, 3.8) is 0 Å². The number of allylic oxidation sites excluding steroid dienone is 1. The van der Waals surface area contributed by atoms with Crippen LogP contribution in [0.5, 0.6) is 0 Å². The average Bonchev–Trinajstić information content (AvgIpc) is 2.34. The Bertz CT molecular complexity index is 193. The fourth-order valence-electron chi connectivity index (χ4n) is 1.42. The molecule has 0 spiro atoms. The van der Waals surface area contributed by atoms with Gasteiger partial charge in [0.2, 0.25) is 0 Å². The van der Waals surface area contributed by atoms with Gasteiger partial charge in [0.25, 0.3) is 0 Å². The van der Waals surface area contributed by atoms with Crippen LogP contribution < -0.4 is 11.2 Å². The van der Waals surface area contributed by atoms with Crippen molar-refractivity contribution in [2.45, 2.75) is 20.3 Å². The average molecular weight is 172 g/mol. The van der Waals surface area contributed by atoms with Gasteiger partial charge in [0.1, 0.15) is 5.70 Å². The van der Waals surface area contributed by atoms with E-state index in [1.54, 1.807) is 7.11 Å². The number of nitrogens with two attached hydrogens (primary N) is 1. The zero-order chi connectivity index (χ0) is 9.19. The maximum absolute atomic E-state index is 5.06. The predicted molar refractivity (Wildman–Crippen MR) is 45.7 cm³/mol. The lowest BCUT2D eigenvalue weighted by molar-refractivity contribution is 0.0519. The van der Waals surface area contributed by atoms with Crippen LogP contribution in [0.2, 0.25) is 0 Å². The third-order valence-electron chi connectivity index (χ3n) is 2.23. The van der Waals surface area contributed by atoms with Gasteiger partial charge in [-0.25, -0.2) is 0 Å². The number of hydrogen-bond acceptors (Lipinski definition) is 4. The lowest BCUT2D eigenvalue weighted by Gasteiger charge is -2.19. The van der Waals surface area contributed by atoms with Gasteiger partial charge in [-0.1, -0.05) is 13.8 Å². The highest BCUT2D eigenvalue weighted by molar-refractivity contribution is 5.15. The van der Waals surface area contributed by atoms with Gasteiger partial charge in [-0.2, -0.15) is 5.90 Å². The van der Waals surface area contributed by atoms with Gasteiger partial charge < -0.3 is 14.9 Å². The van der Waals surface area contributed by atoms with Gasteiger partial charge in [-0.3, -0.25) is 0 Å². The molecule has 1 aliphatic rings. The summed E-state index contributed by atoms with van der Waals surface area (Å²) in [6.07, 6.45) is 1.07. The zero-order valence-electron chi connectivity index (χ0n) is 7.81. The maximum Gasteiger partial charge on any atom is 0.318 e. The second kappa shape index (κ2) is 3.23. The van der Waals surface area contributed by atoms with E-state index in [2.05, 4.69) is 24.0 Å². The number of nitrogens with one attached hydrogen (secondary N) is 1. The molecule has 0 aromatic carbocycles. The van der Waals surface area contributed by atoms with Crippen LogP contribution in [-0.2, 0) is 9.57 Å². The molecule has 12 heavy (non-hydrogen) atoms. The monoisotopic (exact) mass is 172 g/mol. The minimum atomic E-state index is 0.0741. The van der Waals surface area contributed by atoms with Crippen LogP contribution >= 0.6 is 0 Å². The Labute approximate surface area is 72.7 Å². The highest BCUT2D eigenvalue weighted by atomic mass is 16.7. The van der Waals surface area contributed by atoms with Crippen LogP contribution in [0.1, 0.15) is 20.3 Å². The smallest absolute Gasteiger partial charge is 0.318 e. The van der Waals surface area contributed by atoms with E-state index in [-0.39, 0.29) is 5.41 Å². The van der Waals surface area contributed by atoms with Crippen LogP contribution in [0.3, 0.4) is 0 Å². The molecule has 3 N–H and O–H groups in total. The summed E-state index contributed by atoms with van der Waals surface area (Å²) >= 11 is 0. The van der Waals surface area contributed by atoms with Crippen molar-refractivity contribution >= 4 is 0 Å². The summed E-state index contributed by atoms with van der Waals surface area (Å²) in [6, 6.07) is 0. The Morgan fingerprint density at radius 2 is 2.25 bits per heavy atom. The van der Waals surface area contributed by atoms with Crippen molar-refractivity contribution < 1.29 is 9.57 Å². The van der Waals surface area contributed by atoms with E-state index >= 15 is 0 Å². The molecule has 0 atom stereocenters. The van der Waals surface area contributed by atoms with Crippen LogP contribution in [0.15, 0.2) is 11.6 Å². The Morgan fingerprint density at radius 3 is 2.58 bits per heavy atom. The molecule has 1 fully saturated rings. The van der Waals surface area contributed by atoms with Crippen LogP contribution in [0.25, 0.3) is 0 Å². The Morgan fingerprint density at radius 1 is 1.58 bits per heavy atom. The summed E-state index contributed by atoms with van der Waals surface area (Å²) in [5.74, 6) is 5.45. The lowest BCUT2D eigenvalue weighted by atomic mass is 9.89. The van der Waals surface area contributed by atoms with Gasteiger partial charge in [-0.05, 0) is 6.42 Å². The number of rotatable bonds is 2. The Kier molecular flexibility index (Phi) is 2.47. The molecule has 4 heteroatoms. The summed E-state index contributed by atoms with van der Waals surface area (Å²) in [5.41, 5.74) is 1.03. The fourth-order valence-corrected chi connectivity index (χ4v) is 1.42. The minimum Gasteiger partial charge on any atom is -0.466 e. The molecule has 0 unspecified atom stereocenters. The summed E-state index contributed by atoms with van der Waals surface area (Å²) in [7, 11) is 1.55. The molecule has 1 heterocycles. The lowest BCUT2D eigenvalue weighted by Crippen LogP contribution is -2.20. The van der Waals surface area contributed by atoms with Crippen molar-refractivity contribution in [2.24, 2.45) is 11.3 Å². The van der Waals surface area contributed by atoms with Crippen LogP contribution in [0.4, 0.5) is 0 Å². The summed E-state index contributed by atoms with van der Waals surface area (Å²) in [5, 5.41) is 3.20. The third kappa shape index (κ3) is 1.48. The second-order valence-electron chi connectivity index (χ2n) is 3.55. The van der Waals surface area contributed by atoms with E-state index in [0.717, 1.165) is 18.7 Å². The van der Waals surface area contributed by atoms with Crippen molar-refractivity contribution in [3.8, 4) is 0 Å². The molecule has 70 valence electrons. The van der Waals surface area contributed by atoms with Gasteiger partial charge in [0, 0.05) is 12.0 Å². The number of ether oxygens (including phenoxy) is 1. The topological polar surface area (TPSA) is 56.5 Å². The second-order valence-corrected chi connectivity index (χ2v) is 3.55. The summed E-state index contributed by atoms with van der Waals surface area (Å²) in [4.78, 5) is 4.61. The first-order valence-corrected chi connectivity index (χ1v) is 4.01. The van der Waals surface area contributed by atoms with E-state index in [4.69, 9.17) is 10.6 Å². The first-order chi connectivity index (χ1) is 5.61. The number of methoxy groups -OCH3 is 1. The highest BCUT2D eigenvalue weighted by Gasteiger charge is 2.33. The molecule has 0 aromatic rings. The van der Waals surface area contributed by atoms with E-state index in [0.29, 0.717) is 5.95 Å². The Balaban J connectivity index is 2.91. The van der Waals surface area contributed by atoms with Crippen LogP contribution in [0, 0.1) is 5.41 Å². The molecule has 0 aliphatic carbocycles. The van der Waals surface area contributed by atoms with Gasteiger partial charge in [0.15, 0.2) is 0 Å². The SMILES string of the molecule is CO/C(ON)=C1/NCCC1(C)C. The third-order valence-corrected chi connectivity index (χ3v) is 2.23. The van der Waals surface area contributed by atoms with Crippen LogP contribution in [-0.4, -0.2) is 13.7 Å². The quantitative estimate of drug-likeness (QED) is 0.476. The normalized spacial score (nSPS) is 24.7. The van der Waals surface area contributed by atoms with Gasteiger partial charge >= 0.3 is 5.95 Å². The van der Waals surface area contributed by atoms with E-state index < -0.39 is 0 Å². The molecule has 0 bridgehead atoms. The first-order valence-electron chi connectivity index (χ1n) is 4.01. The maximum atomic E-state index is 5.06. The van der Waals surface area contributed by atoms with Crippen molar-refractivity contribution in [1.82, 2.24) is 5.32 Å². The van der Waals surface area contributed by atoms with Gasteiger partial charge in [0.05, 0.1) is 7.11 Å². The standard InChI is InChI=1S/C8H16N2O2/c1-8(2)4-5-10-6(8)7(11-3)12-9/h10H,4-5,9H2,1-3H3/b7-6-. The number of hydrogen-bond donors (Lipinski definition) is 2. The molecule has 0 radical (unpaired) electrons. The predicted octanol–water partition coefficient (Wildman–Crippen LogP) is 0.712. The molecule has 1 aliphatic heterocycles. The summed E-state index contributed by atoms with van der Waals surface area (Å²) < 4.78 is 4.99. The zero-order valence-corrected chi connectivity index (χ0v) is 7.81. The molecule has 0 saturated carbocycles.